The van der Waals surface area contributed by atoms with Crippen LogP contribution in [0.25, 0.3) is 10.9 Å². The molecule has 0 aliphatic carbocycles. The van der Waals surface area contributed by atoms with Crippen LogP contribution in [-0.2, 0) is 4.74 Å². The zero-order valence-corrected chi connectivity index (χ0v) is 25.1. The summed E-state index contributed by atoms with van der Waals surface area (Å²) in [5, 5.41) is 12.8. The Bertz CT molecular complexity index is 1590. The SMILES string of the molecule is CCOCCOc1cc2c(cc1Oc1ccnc(NC(=O)c3ccc(C4CCN(CCO)CC4)cc3)c1)cc(C)n2C(N)=O. The van der Waals surface area contributed by atoms with Crippen LogP contribution in [0.4, 0.5) is 10.6 Å². The number of carbonyl (C=O) groups excluding carboxylic acids is 2. The number of primary amides is 1. The highest BCUT2D eigenvalue weighted by Gasteiger charge is 2.21. The van der Waals surface area contributed by atoms with E-state index in [2.05, 4.69) is 15.2 Å². The maximum Gasteiger partial charge on any atom is 0.323 e. The Hall–Kier alpha value is -4.45. The van der Waals surface area contributed by atoms with Crippen molar-refractivity contribution in [1.82, 2.24) is 14.5 Å². The molecule has 0 radical (unpaired) electrons. The molecule has 1 fully saturated rings. The van der Waals surface area contributed by atoms with Crippen molar-refractivity contribution in [3.63, 3.8) is 0 Å². The zero-order valence-electron chi connectivity index (χ0n) is 25.1. The lowest BCUT2D eigenvalue weighted by Gasteiger charge is -2.31. The summed E-state index contributed by atoms with van der Waals surface area (Å²) in [4.78, 5) is 31.7. The van der Waals surface area contributed by atoms with Gasteiger partial charge in [-0.15, -0.1) is 0 Å². The number of rotatable bonds is 12. The number of carbonyl (C=O) groups is 2. The Morgan fingerprint density at radius 1 is 1.05 bits per heavy atom. The summed E-state index contributed by atoms with van der Waals surface area (Å²) in [5.41, 5.74) is 8.66. The minimum atomic E-state index is -0.588. The highest BCUT2D eigenvalue weighted by molar-refractivity contribution is 6.03. The van der Waals surface area contributed by atoms with Crippen LogP contribution in [0.2, 0.25) is 0 Å². The number of aromatic nitrogens is 2. The minimum Gasteiger partial charge on any atom is -0.487 e. The van der Waals surface area contributed by atoms with Gasteiger partial charge in [0, 0.05) is 48.1 Å². The fourth-order valence-corrected chi connectivity index (χ4v) is 5.59. The fourth-order valence-electron chi connectivity index (χ4n) is 5.59. The first-order chi connectivity index (χ1) is 21.4. The number of nitrogens with two attached hydrogens (primary N) is 1. The lowest BCUT2D eigenvalue weighted by molar-refractivity contribution is 0.102. The number of ether oxygens (including phenoxy) is 3. The molecule has 44 heavy (non-hydrogen) atoms. The number of pyridine rings is 1. The van der Waals surface area contributed by atoms with Gasteiger partial charge in [-0.1, -0.05) is 12.1 Å². The van der Waals surface area contributed by atoms with E-state index >= 15 is 0 Å². The lowest BCUT2D eigenvalue weighted by Crippen LogP contribution is -2.34. The lowest BCUT2D eigenvalue weighted by atomic mass is 9.89. The fraction of sp³-hybridized carbons (Fsp3) is 0.364. The van der Waals surface area contributed by atoms with Crippen LogP contribution >= 0.6 is 0 Å². The van der Waals surface area contributed by atoms with Gasteiger partial charge in [-0.2, -0.15) is 0 Å². The molecule has 11 heteroatoms. The topological polar surface area (TPSA) is 141 Å². The smallest absolute Gasteiger partial charge is 0.323 e. The number of nitrogens with one attached hydrogen (secondary N) is 1. The number of nitrogens with zero attached hydrogens (tertiary/aromatic N) is 3. The summed E-state index contributed by atoms with van der Waals surface area (Å²) in [6, 6.07) is 15.8. The number of aliphatic hydroxyl groups excluding tert-OH is 1. The number of piperidine rings is 1. The molecule has 0 bridgehead atoms. The van der Waals surface area contributed by atoms with E-state index in [1.54, 1.807) is 37.4 Å². The van der Waals surface area contributed by atoms with E-state index in [0.717, 1.165) is 37.9 Å². The average Bonchev–Trinajstić information content (AvgIpc) is 3.34. The maximum absolute atomic E-state index is 13.1. The van der Waals surface area contributed by atoms with Gasteiger partial charge in [0.2, 0.25) is 0 Å². The van der Waals surface area contributed by atoms with Crippen LogP contribution < -0.4 is 20.5 Å². The summed E-state index contributed by atoms with van der Waals surface area (Å²) in [5.74, 6) is 1.80. The van der Waals surface area contributed by atoms with Crippen LogP contribution in [0.3, 0.4) is 0 Å². The number of hydrogen-bond donors (Lipinski definition) is 3. The van der Waals surface area contributed by atoms with Gasteiger partial charge in [0.15, 0.2) is 11.5 Å². The molecule has 11 nitrogen and oxygen atoms in total. The Labute approximate surface area is 256 Å². The van der Waals surface area contributed by atoms with E-state index in [0.29, 0.717) is 59.0 Å². The van der Waals surface area contributed by atoms with Crippen molar-refractivity contribution in [2.45, 2.75) is 32.6 Å². The van der Waals surface area contributed by atoms with Crippen molar-refractivity contribution >= 4 is 28.7 Å². The number of likely N-dealkylation sites (tertiary alicyclic amines) is 1. The highest BCUT2D eigenvalue weighted by Crippen LogP contribution is 2.37. The number of benzene rings is 2. The molecule has 0 unspecified atom stereocenters. The number of hydrogen-bond acceptors (Lipinski definition) is 8. The second kappa shape index (κ2) is 14.3. The number of aliphatic hydroxyl groups is 1. The highest BCUT2D eigenvalue weighted by atomic mass is 16.5. The van der Waals surface area contributed by atoms with Crippen LogP contribution in [0.5, 0.6) is 17.2 Å². The largest absolute Gasteiger partial charge is 0.487 e. The second-order valence-electron chi connectivity index (χ2n) is 10.8. The zero-order chi connectivity index (χ0) is 31.1. The quantitative estimate of drug-likeness (QED) is 0.195. The van der Waals surface area contributed by atoms with Crippen LogP contribution in [0.15, 0.2) is 60.8 Å². The van der Waals surface area contributed by atoms with Crippen molar-refractivity contribution in [2.75, 3.05) is 51.4 Å². The first kappa shape index (κ1) is 31.0. The molecule has 4 N–H and O–H groups in total. The predicted octanol–water partition coefficient (Wildman–Crippen LogP) is 4.90. The number of anilines is 1. The van der Waals surface area contributed by atoms with Gasteiger partial charge in [0.25, 0.3) is 5.91 Å². The van der Waals surface area contributed by atoms with Crippen LogP contribution in [0, 0.1) is 6.92 Å². The Kier molecular flexibility index (Phi) is 10.1. The van der Waals surface area contributed by atoms with E-state index in [-0.39, 0.29) is 19.1 Å². The first-order valence-electron chi connectivity index (χ1n) is 14.9. The standard InChI is InChI=1S/C33H39N5O6/c1-3-42-16-17-43-29-21-28-26(18-22(2)38(28)33(34)41)19-30(29)44-27-8-11-35-31(20-27)36-32(40)25-6-4-23(5-7-25)24-9-12-37(13-10-24)14-15-39/h4-8,11,18-21,24,39H,3,9-10,12-17H2,1-2H3,(H2,34,41)(H,35,36,40). The van der Waals surface area contributed by atoms with Crippen molar-refractivity contribution in [3.05, 3.63) is 77.6 Å². The van der Waals surface area contributed by atoms with Crippen molar-refractivity contribution in [1.29, 1.82) is 0 Å². The Balaban J connectivity index is 1.29. The number of β-amino-alcohol motifs (C(OH)–C–C–N with tert-alkyl or cyclic N) is 1. The third kappa shape index (κ3) is 7.36. The number of fused-ring (bicyclic) bond motifs is 1. The maximum atomic E-state index is 13.1. The third-order valence-electron chi connectivity index (χ3n) is 7.81. The molecule has 2 aromatic carbocycles. The van der Waals surface area contributed by atoms with Crippen molar-refractivity contribution in [2.24, 2.45) is 5.73 Å². The first-order valence-corrected chi connectivity index (χ1v) is 14.9. The Morgan fingerprint density at radius 3 is 2.52 bits per heavy atom. The van der Waals surface area contributed by atoms with Crippen LogP contribution in [0.1, 0.15) is 47.3 Å². The van der Waals surface area contributed by atoms with Gasteiger partial charge in [0.05, 0.1) is 18.7 Å². The van der Waals surface area contributed by atoms with E-state index in [9.17, 15) is 14.7 Å². The van der Waals surface area contributed by atoms with E-state index in [1.165, 1.54) is 10.1 Å². The normalized spacial score (nSPS) is 14.1. The molecule has 2 aromatic heterocycles. The Morgan fingerprint density at radius 2 is 1.82 bits per heavy atom. The monoisotopic (exact) mass is 601 g/mol. The van der Waals surface area contributed by atoms with Crippen molar-refractivity contribution in [3.8, 4) is 17.2 Å². The van der Waals surface area contributed by atoms with Gasteiger partial charge < -0.3 is 35.3 Å². The molecule has 2 amide bonds. The molecular formula is C33H39N5O6. The summed E-state index contributed by atoms with van der Waals surface area (Å²) < 4.78 is 19.0. The van der Waals surface area contributed by atoms with E-state index in [1.807, 2.05) is 37.3 Å². The molecule has 1 aliphatic heterocycles. The molecule has 5 rings (SSSR count). The molecule has 0 saturated carbocycles. The molecule has 0 spiro atoms. The molecule has 3 heterocycles. The minimum absolute atomic E-state index is 0.186. The van der Waals surface area contributed by atoms with Crippen LogP contribution in [-0.4, -0.2) is 77.6 Å². The van der Waals surface area contributed by atoms with Gasteiger partial charge in [-0.05, 0) is 81.6 Å². The van der Waals surface area contributed by atoms with Gasteiger partial charge in [-0.3, -0.25) is 9.36 Å². The van der Waals surface area contributed by atoms with Gasteiger partial charge in [-0.25, -0.2) is 9.78 Å². The third-order valence-corrected chi connectivity index (χ3v) is 7.81. The molecule has 4 aromatic rings. The molecule has 1 aliphatic rings. The van der Waals surface area contributed by atoms with E-state index < -0.39 is 6.03 Å². The average molecular weight is 602 g/mol. The summed E-state index contributed by atoms with van der Waals surface area (Å²) >= 11 is 0. The van der Waals surface area contributed by atoms with Crippen molar-refractivity contribution < 1.29 is 28.9 Å². The van der Waals surface area contributed by atoms with E-state index in [4.69, 9.17) is 19.9 Å². The second-order valence-corrected chi connectivity index (χ2v) is 10.8. The molecule has 232 valence electrons. The molecule has 0 atom stereocenters. The summed E-state index contributed by atoms with van der Waals surface area (Å²) in [6.07, 6.45) is 3.62. The van der Waals surface area contributed by atoms with Gasteiger partial charge >= 0.3 is 6.03 Å². The molecule has 1 saturated heterocycles. The summed E-state index contributed by atoms with van der Waals surface area (Å²) in [7, 11) is 0. The van der Waals surface area contributed by atoms with Gasteiger partial charge in [0.1, 0.15) is 18.2 Å². The number of aryl methyl sites for hydroxylation is 1. The predicted molar refractivity (Wildman–Crippen MR) is 168 cm³/mol. The molecular weight excluding hydrogens is 562 g/mol. The summed E-state index contributed by atoms with van der Waals surface area (Å²) in [6.45, 7) is 7.78. The number of amides is 2.